The molecule has 1 aromatic rings. The summed E-state index contributed by atoms with van der Waals surface area (Å²) in [5, 5.41) is 14.2. The Morgan fingerprint density at radius 3 is 2.56 bits per heavy atom. The SMILES string of the molecule is CC(CC(O)CCc1ccsc1)C(C)(C)C. The van der Waals surface area contributed by atoms with E-state index in [2.05, 4.69) is 44.5 Å². The molecular weight excluding hydrogens is 216 g/mol. The Balaban J connectivity index is 2.28. The highest BCUT2D eigenvalue weighted by atomic mass is 32.1. The van der Waals surface area contributed by atoms with E-state index in [0.29, 0.717) is 11.3 Å². The second-order valence-electron chi connectivity index (χ2n) is 5.83. The Kier molecular flexibility index (Phi) is 5.00. The fourth-order valence-corrected chi connectivity index (χ4v) is 2.35. The molecule has 1 heterocycles. The molecule has 0 amide bonds. The van der Waals surface area contributed by atoms with Crippen LogP contribution in [-0.4, -0.2) is 11.2 Å². The Labute approximate surface area is 104 Å². The van der Waals surface area contributed by atoms with E-state index in [0.717, 1.165) is 19.3 Å². The molecule has 0 aliphatic heterocycles. The van der Waals surface area contributed by atoms with Crippen molar-refractivity contribution >= 4 is 11.3 Å². The Hall–Kier alpha value is -0.340. The molecule has 2 heteroatoms. The minimum absolute atomic E-state index is 0.158. The number of rotatable bonds is 5. The molecule has 1 aromatic heterocycles. The second kappa shape index (κ2) is 5.83. The number of hydrogen-bond donors (Lipinski definition) is 1. The average Bonchev–Trinajstić information content (AvgIpc) is 2.65. The molecule has 0 bridgehead atoms. The first kappa shape index (κ1) is 13.7. The van der Waals surface area contributed by atoms with Crippen LogP contribution in [0.4, 0.5) is 0 Å². The van der Waals surface area contributed by atoms with Crippen molar-refractivity contribution in [1.82, 2.24) is 0 Å². The van der Waals surface area contributed by atoms with Crippen molar-refractivity contribution in [2.45, 2.75) is 53.1 Å². The molecule has 1 rings (SSSR count). The predicted octanol–water partition coefficient (Wildman–Crippen LogP) is 4.11. The summed E-state index contributed by atoms with van der Waals surface area (Å²) >= 11 is 1.73. The van der Waals surface area contributed by atoms with Gasteiger partial charge in [-0.05, 0) is 53.0 Å². The molecule has 16 heavy (non-hydrogen) atoms. The van der Waals surface area contributed by atoms with Gasteiger partial charge in [-0.25, -0.2) is 0 Å². The number of thiophene rings is 1. The summed E-state index contributed by atoms with van der Waals surface area (Å²) in [7, 11) is 0. The van der Waals surface area contributed by atoms with Gasteiger partial charge in [0.1, 0.15) is 0 Å². The van der Waals surface area contributed by atoms with Crippen molar-refractivity contribution in [2.75, 3.05) is 0 Å². The maximum Gasteiger partial charge on any atom is 0.0546 e. The molecule has 0 saturated heterocycles. The quantitative estimate of drug-likeness (QED) is 0.821. The molecule has 2 atom stereocenters. The summed E-state index contributed by atoms with van der Waals surface area (Å²) in [6.07, 6.45) is 2.64. The summed E-state index contributed by atoms with van der Waals surface area (Å²) in [6.45, 7) is 8.95. The first-order valence-electron chi connectivity index (χ1n) is 6.08. The fourth-order valence-electron chi connectivity index (χ4n) is 1.65. The molecule has 0 radical (unpaired) electrons. The van der Waals surface area contributed by atoms with Crippen LogP contribution in [0.25, 0.3) is 0 Å². The Morgan fingerprint density at radius 1 is 1.38 bits per heavy atom. The largest absolute Gasteiger partial charge is 0.393 e. The van der Waals surface area contributed by atoms with Gasteiger partial charge in [-0.1, -0.05) is 27.7 Å². The predicted molar refractivity (Wildman–Crippen MR) is 71.9 cm³/mol. The van der Waals surface area contributed by atoms with Gasteiger partial charge in [0.15, 0.2) is 0 Å². The van der Waals surface area contributed by atoms with Crippen LogP contribution in [0.15, 0.2) is 16.8 Å². The highest BCUT2D eigenvalue weighted by molar-refractivity contribution is 7.07. The third-order valence-corrected chi connectivity index (χ3v) is 4.18. The van der Waals surface area contributed by atoms with Crippen LogP contribution < -0.4 is 0 Å². The van der Waals surface area contributed by atoms with Crippen LogP contribution >= 0.6 is 11.3 Å². The topological polar surface area (TPSA) is 20.2 Å². The summed E-state index contributed by atoms with van der Waals surface area (Å²) in [5.41, 5.74) is 1.65. The number of aryl methyl sites for hydroxylation is 1. The summed E-state index contributed by atoms with van der Waals surface area (Å²) < 4.78 is 0. The van der Waals surface area contributed by atoms with Gasteiger partial charge in [-0.2, -0.15) is 11.3 Å². The van der Waals surface area contributed by atoms with Crippen molar-refractivity contribution in [3.05, 3.63) is 22.4 Å². The average molecular weight is 240 g/mol. The summed E-state index contributed by atoms with van der Waals surface area (Å²) in [4.78, 5) is 0. The number of hydrogen-bond acceptors (Lipinski definition) is 2. The molecule has 92 valence electrons. The number of aliphatic hydroxyl groups is 1. The normalized spacial score (nSPS) is 16.1. The molecular formula is C14H24OS. The van der Waals surface area contributed by atoms with Crippen molar-refractivity contribution in [2.24, 2.45) is 11.3 Å². The lowest BCUT2D eigenvalue weighted by Crippen LogP contribution is -2.23. The molecule has 2 unspecified atom stereocenters. The van der Waals surface area contributed by atoms with Gasteiger partial charge in [0, 0.05) is 0 Å². The summed E-state index contributed by atoms with van der Waals surface area (Å²) in [6, 6.07) is 2.14. The van der Waals surface area contributed by atoms with Gasteiger partial charge in [0.05, 0.1) is 6.10 Å². The van der Waals surface area contributed by atoms with E-state index >= 15 is 0 Å². The van der Waals surface area contributed by atoms with Crippen LogP contribution in [-0.2, 0) is 6.42 Å². The van der Waals surface area contributed by atoms with Crippen molar-refractivity contribution in [1.29, 1.82) is 0 Å². The summed E-state index contributed by atoms with van der Waals surface area (Å²) in [5.74, 6) is 0.560. The fraction of sp³-hybridized carbons (Fsp3) is 0.714. The lowest BCUT2D eigenvalue weighted by molar-refractivity contribution is 0.103. The van der Waals surface area contributed by atoms with E-state index < -0.39 is 0 Å². The van der Waals surface area contributed by atoms with E-state index in [1.54, 1.807) is 11.3 Å². The van der Waals surface area contributed by atoms with Crippen molar-refractivity contribution in [3.63, 3.8) is 0 Å². The van der Waals surface area contributed by atoms with Crippen molar-refractivity contribution < 1.29 is 5.11 Å². The third-order valence-electron chi connectivity index (χ3n) is 3.45. The van der Waals surface area contributed by atoms with Gasteiger partial charge in [-0.15, -0.1) is 0 Å². The maximum atomic E-state index is 9.99. The third kappa shape index (κ3) is 4.67. The van der Waals surface area contributed by atoms with Gasteiger partial charge in [0.2, 0.25) is 0 Å². The highest BCUT2D eigenvalue weighted by Crippen LogP contribution is 2.29. The van der Waals surface area contributed by atoms with E-state index in [9.17, 15) is 5.11 Å². The molecule has 0 aromatic carbocycles. The minimum atomic E-state index is -0.158. The number of aliphatic hydroxyl groups excluding tert-OH is 1. The molecule has 0 aliphatic rings. The van der Waals surface area contributed by atoms with Crippen LogP contribution in [0.2, 0.25) is 0 Å². The van der Waals surface area contributed by atoms with E-state index in [4.69, 9.17) is 0 Å². The van der Waals surface area contributed by atoms with Gasteiger partial charge < -0.3 is 5.11 Å². The first-order valence-corrected chi connectivity index (χ1v) is 7.03. The molecule has 1 N–H and O–H groups in total. The molecule has 0 spiro atoms. The van der Waals surface area contributed by atoms with Gasteiger partial charge in [0.25, 0.3) is 0 Å². The lowest BCUT2D eigenvalue weighted by Gasteiger charge is -2.29. The lowest BCUT2D eigenvalue weighted by atomic mass is 9.78. The molecule has 0 fully saturated rings. The molecule has 0 saturated carbocycles. The molecule has 1 nitrogen and oxygen atoms in total. The standard InChI is InChI=1S/C14H24OS/c1-11(14(2,3)4)9-13(15)6-5-12-7-8-16-10-12/h7-8,10-11,13,15H,5-6,9H2,1-4H3. The van der Waals surface area contributed by atoms with E-state index in [-0.39, 0.29) is 6.10 Å². The second-order valence-corrected chi connectivity index (χ2v) is 6.61. The zero-order valence-electron chi connectivity index (χ0n) is 10.9. The zero-order chi connectivity index (χ0) is 12.2. The zero-order valence-corrected chi connectivity index (χ0v) is 11.7. The highest BCUT2D eigenvalue weighted by Gasteiger charge is 2.22. The monoisotopic (exact) mass is 240 g/mol. The smallest absolute Gasteiger partial charge is 0.0546 e. The maximum absolute atomic E-state index is 9.99. The minimum Gasteiger partial charge on any atom is -0.393 e. The van der Waals surface area contributed by atoms with Crippen LogP contribution in [0.1, 0.15) is 46.1 Å². The van der Waals surface area contributed by atoms with Crippen LogP contribution in [0.5, 0.6) is 0 Å². The molecule has 0 aliphatic carbocycles. The van der Waals surface area contributed by atoms with E-state index in [1.165, 1.54) is 5.56 Å². The van der Waals surface area contributed by atoms with Crippen LogP contribution in [0.3, 0.4) is 0 Å². The first-order chi connectivity index (χ1) is 7.39. The van der Waals surface area contributed by atoms with Crippen molar-refractivity contribution in [3.8, 4) is 0 Å². The van der Waals surface area contributed by atoms with E-state index in [1.807, 2.05) is 0 Å². The van der Waals surface area contributed by atoms with Gasteiger partial charge in [-0.3, -0.25) is 0 Å². The Bertz CT molecular complexity index is 284. The van der Waals surface area contributed by atoms with Gasteiger partial charge >= 0.3 is 0 Å². The Morgan fingerprint density at radius 2 is 2.06 bits per heavy atom. The van der Waals surface area contributed by atoms with Crippen LogP contribution in [0, 0.1) is 11.3 Å².